The van der Waals surface area contributed by atoms with Crippen molar-refractivity contribution in [1.82, 2.24) is 4.90 Å². The molecule has 5 heteroatoms. The second-order valence-electron chi connectivity index (χ2n) is 5.79. The number of halogens is 1. The van der Waals surface area contributed by atoms with Crippen LogP contribution in [0.3, 0.4) is 0 Å². The van der Waals surface area contributed by atoms with Crippen LogP contribution in [0, 0.1) is 5.82 Å². The number of carbonyl (C=O) groups is 1. The van der Waals surface area contributed by atoms with Crippen LogP contribution < -0.4 is 9.47 Å². The molecule has 1 heterocycles. The van der Waals surface area contributed by atoms with Gasteiger partial charge in [-0.25, -0.2) is 4.39 Å². The minimum Gasteiger partial charge on any atom is -0.497 e. The Morgan fingerprint density at radius 1 is 1.00 bits per heavy atom. The summed E-state index contributed by atoms with van der Waals surface area (Å²) in [5.41, 5.74) is 0.661. The summed E-state index contributed by atoms with van der Waals surface area (Å²) in [5, 5.41) is 0. The van der Waals surface area contributed by atoms with Crippen LogP contribution in [0.4, 0.5) is 4.39 Å². The third-order valence-electron chi connectivity index (χ3n) is 4.18. The van der Waals surface area contributed by atoms with E-state index in [2.05, 4.69) is 0 Å². The van der Waals surface area contributed by atoms with E-state index in [1.807, 2.05) is 4.90 Å². The molecule has 24 heavy (non-hydrogen) atoms. The highest BCUT2D eigenvalue weighted by atomic mass is 19.1. The van der Waals surface area contributed by atoms with E-state index in [4.69, 9.17) is 9.47 Å². The maximum absolute atomic E-state index is 12.9. The first-order valence-electron chi connectivity index (χ1n) is 8.01. The summed E-state index contributed by atoms with van der Waals surface area (Å²) in [5.74, 6) is 1.15. The molecule has 4 nitrogen and oxygen atoms in total. The number of methoxy groups -OCH3 is 1. The molecule has 2 aromatic rings. The fourth-order valence-electron chi connectivity index (χ4n) is 2.80. The van der Waals surface area contributed by atoms with Crippen molar-refractivity contribution in [1.29, 1.82) is 0 Å². The van der Waals surface area contributed by atoms with Crippen LogP contribution in [-0.2, 0) is 0 Å². The van der Waals surface area contributed by atoms with E-state index in [1.165, 1.54) is 12.1 Å². The molecule has 1 aliphatic rings. The van der Waals surface area contributed by atoms with Gasteiger partial charge < -0.3 is 14.4 Å². The standard InChI is InChI=1S/C19H20FNO3/c1-23-16-6-2-14(3-7-16)19(22)21-12-10-18(11-13-21)24-17-8-4-15(20)5-9-17/h2-9,18H,10-13H2,1H3. The number of amides is 1. The van der Waals surface area contributed by atoms with E-state index in [0.717, 1.165) is 18.6 Å². The average molecular weight is 329 g/mol. The van der Waals surface area contributed by atoms with Crippen molar-refractivity contribution in [2.75, 3.05) is 20.2 Å². The zero-order valence-electron chi connectivity index (χ0n) is 13.6. The molecule has 0 atom stereocenters. The second kappa shape index (κ2) is 7.34. The van der Waals surface area contributed by atoms with Gasteiger partial charge in [0.05, 0.1) is 7.11 Å². The molecule has 0 unspecified atom stereocenters. The van der Waals surface area contributed by atoms with Crippen molar-refractivity contribution in [3.05, 3.63) is 59.9 Å². The molecule has 0 bridgehead atoms. The highest BCUT2D eigenvalue weighted by Gasteiger charge is 2.24. The molecule has 3 rings (SSSR count). The van der Waals surface area contributed by atoms with Crippen LogP contribution in [0.25, 0.3) is 0 Å². The fraction of sp³-hybridized carbons (Fsp3) is 0.316. The third kappa shape index (κ3) is 3.85. The van der Waals surface area contributed by atoms with Crippen molar-refractivity contribution in [3.8, 4) is 11.5 Å². The quantitative estimate of drug-likeness (QED) is 0.861. The number of piperidine rings is 1. The molecule has 0 aliphatic carbocycles. The Balaban J connectivity index is 1.54. The molecule has 1 saturated heterocycles. The van der Waals surface area contributed by atoms with Gasteiger partial charge in [0.2, 0.25) is 0 Å². The summed E-state index contributed by atoms with van der Waals surface area (Å²) in [6, 6.07) is 13.2. The molecule has 126 valence electrons. The average Bonchev–Trinajstić information content (AvgIpc) is 2.64. The molecule has 0 N–H and O–H groups in total. The van der Waals surface area contributed by atoms with Crippen molar-refractivity contribution in [3.63, 3.8) is 0 Å². The molecular weight excluding hydrogens is 309 g/mol. The minimum absolute atomic E-state index is 0.0258. The van der Waals surface area contributed by atoms with Gasteiger partial charge in [-0.15, -0.1) is 0 Å². The third-order valence-corrected chi connectivity index (χ3v) is 4.18. The SMILES string of the molecule is COc1ccc(C(=O)N2CCC(Oc3ccc(F)cc3)CC2)cc1. The van der Waals surface area contributed by atoms with Crippen LogP contribution in [0.5, 0.6) is 11.5 Å². The fourth-order valence-corrected chi connectivity index (χ4v) is 2.80. The number of ether oxygens (including phenoxy) is 2. The molecule has 2 aromatic carbocycles. The first kappa shape index (κ1) is 16.3. The lowest BCUT2D eigenvalue weighted by molar-refractivity contribution is 0.0595. The Labute approximate surface area is 140 Å². The van der Waals surface area contributed by atoms with Crippen molar-refractivity contribution >= 4 is 5.91 Å². The minimum atomic E-state index is -0.276. The zero-order chi connectivity index (χ0) is 16.9. The van der Waals surface area contributed by atoms with Crippen LogP contribution in [0.2, 0.25) is 0 Å². The van der Waals surface area contributed by atoms with Gasteiger partial charge in [0.25, 0.3) is 5.91 Å². The van der Waals surface area contributed by atoms with E-state index in [0.29, 0.717) is 24.4 Å². The summed E-state index contributed by atoms with van der Waals surface area (Å²) < 4.78 is 23.9. The van der Waals surface area contributed by atoms with Crippen molar-refractivity contribution < 1.29 is 18.7 Å². The predicted octanol–water partition coefficient (Wildman–Crippen LogP) is 3.52. The van der Waals surface area contributed by atoms with Gasteiger partial charge in [0, 0.05) is 31.5 Å². The predicted molar refractivity (Wildman–Crippen MR) is 88.9 cm³/mol. The first-order chi connectivity index (χ1) is 11.7. The smallest absolute Gasteiger partial charge is 0.253 e. The molecule has 0 saturated carbocycles. The highest BCUT2D eigenvalue weighted by molar-refractivity contribution is 5.94. The summed E-state index contributed by atoms with van der Waals surface area (Å²) in [7, 11) is 1.60. The number of likely N-dealkylation sites (tertiary alicyclic amines) is 1. The second-order valence-corrected chi connectivity index (χ2v) is 5.79. The molecule has 0 aromatic heterocycles. The van der Waals surface area contributed by atoms with Crippen LogP contribution in [0.1, 0.15) is 23.2 Å². The normalized spacial score (nSPS) is 15.2. The Morgan fingerprint density at radius 2 is 1.58 bits per heavy atom. The van der Waals surface area contributed by atoms with Gasteiger partial charge in [-0.1, -0.05) is 0 Å². The molecule has 1 aliphatic heterocycles. The van der Waals surface area contributed by atoms with Gasteiger partial charge in [-0.3, -0.25) is 4.79 Å². The lowest BCUT2D eigenvalue weighted by Crippen LogP contribution is -2.41. The maximum Gasteiger partial charge on any atom is 0.253 e. The summed E-state index contributed by atoms with van der Waals surface area (Å²) in [6.45, 7) is 1.30. The molecule has 1 fully saturated rings. The van der Waals surface area contributed by atoms with Crippen LogP contribution >= 0.6 is 0 Å². The van der Waals surface area contributed by atoms with E-state index in [-0.39, 0.29) is 17.8 Å². The summed E-state index contributed by atoms with van der Waals surface area (Å²) in [4.78, 5) is 14.3. The molecule has 0 radical (unpaired) electrons. The first-order valence-corrected chi connectivity index (χ1v) is 8.01. The van der Waals surface area contributed by atoms with E-state index in [9.17, 15) is 9.18 Å². The van der Waals surface area contributed by atoms with E-state index >= 15 is 0 Å². The Hall–Kier alpha value is -2.56. The monoisotopic (exact) mass is 329 g/mol. The van der Waals surface area contributed by atoms with Crippen LogP contribution in [0.15, 0.2) is 48.5 Å². The van der Waals surface area contributed by atoms with E-state index in [1.54, 1.807) is 43.5 Å². The van der Waals surface area contributed by atoms with Gasteiger partial charge >= 0.3 is 0 Å². The highest BCUT2D eigenvalue weighted by Crippen LogP contribution is 2.21. The van der Waals surface area contributed by atoms with Gasteiger partial charge in [0.1, 0.15) is 23.4 Å². The molecule has 1 amide bonds. The van der Waals surface area contributed by atoms with Gasteiger partial charge in [0.15, 0.2) is 0 Å². The zero-order valence-corrected chi connectivity index (χ0v) is 13.6. The number of hydrogen-bond acceptors (Lipinski definition) is 3. The summed E-state index contributed by atoms with van der Waals surface area (Å²) >= 11 is 0. The van der Waals surface area contributed by atoms with Crippen molar-refractivity contribution in [2.24, 2.45) is 0 Å². The number of hydrogen-bond donors (Lipinski definition) is 0. The maximum atomic E-state index is 12.9. The van der Waals surface area contributed by atoms with Gasteiger partial charge in [-0.05, 0) is 48.5 Å². The number of benzene rings is 2. The molecular formula is C19H20FNO3. The Bertz CT molecular complexity index is 677. The van der Waals surface area contributed by atoms with Gasteiger partial charge in [-0.2, -0.15) is 0 Å². The Morgan fingerprint density at radius 3 is 2.17 bits per heavy atom. The number of nitrogens with zero attached hydrogens (tertiary/aromatic N) is 1. The van der Waals surface area contributed by atoms with E-state index < -0.39 is 0 Å². The largest absolute Gasteiger partial charge is 0.497 e. The lowest BCUT2D eigenvalue weighted by Gasteiger charge is -2.32. The summed E-state index contributed by atoms with van der Waals surface area (Å²) in [6.07, 6.45) is 1.58. The number of rotatable bonds is 4. The number of carbonyl (C=O) groups excluding carboxylic acids is 1. The Kier molecular flexibility index (Phi) is 4.99. The van der Waals surface area contributed by atoms with Crippen molar-refractivity contribution in [2.45, 2.75) is 18.9 Å². The van der Waals surface area contributed by atoms with Crippen LogP contribution in [-0.4, -0.2) is 37.1 Å². The molecule has 0 spiro atoms. The lowest BCUT2D eigenvalue weighted by atomic mass is 10.1. The topological polar surface area (TPSA) is 38.8 Å².